The lowest BCUT2D eigenvalue weighted by Gasteiger charge is -2.04. The Kier molecular flexibility index (Phi) is 1.64. The van der Waals surface area contributed by atoms with E-state index in [9.17, 15) is 0 Å². The van der Waals surface area contributed by atoms with Gasteiger partial charge >= 0.3 is 0 Å². The maximum atomic E-state index is 5.20. The molecule has 0 spiro atoms. The number of fused-ring (bicyclic) bond motifs is 1. The maximum Gasteiger partial charge on any atom is 0.260 e. The average molecular weight is 165 g/mol. The summed E-state index contributed by atoms with van der Waals surface area (Å²) in [6.07, 6.45) is 1.83. The summed E-state index contributed by atoms with van der Waals surface area (Å²) in [5.41, 5.74) is 1.18. The van der Waals surface area contributed by atoms with E-state index in [4.69, 9.17) is 9.47 Å². The Labute approximate surface area is 71.3 Å². The van der Waals surface area contributed by atoms with Gasteiger partial charge in [0, 0.05) is 6.20 Å². The zero-order chi connectivity index (χ0) is 8.55. The third-order valence-electron chi connectivity index (χ3n) is 1.92. The van der Waals surface area contributed by atoms with Gasteiger partial charge in [-0.1, -0.05) is 13.8 Å². The van der Waals surface area contributed by atoms with Crippen molar-refractivity contribution < 1.29 is 9.47 Å². The molecule has 1 aromatic rings. The first-order valence-corrected chi connectivity index (χ1v) is 4.03. The number of rotatable bonds is 1. The zero-order valence-electron chi connectivity index (χ0n) is 7.20. The SMILES string of the molecule is CC(C)c1cnc2c(c1)OCO2. The minimum atomic E-state index is 0.296. The highest BCUT2D eigenvalue weighted by molar-refractivity contribution is 5.38. The van der Waals surface area contributed by atoms with Crippen LogP contribution in [0.1, 0.15) is 25.3 Å². The van der Waals surface area contributed by atoms with Gasteiger partial charge in [0.15, 0.2) is 5.75 Å². The smallest absolute Gasteiger partial charge is 0.260 e. The summed E-state index contributed by atoms with van der Waals surface area (Å²) in [7, 11) is 0. The normalized spacial score (nSPS) is 13.9. The Morgan fingerprint density at radius 2 is 2.25 bits per heavy atom. The van der Waals surface area contributed by atoms with Gasteiger partial charge < -0.3 is 9.47 Å². The number of nitrogens with zero attached hydrogens (tertiary/aromatic N) is 1. The standard InChI is InChI=1S/C9H11NO2/c1-6(2)7-3-8-9(10-4-7)12-5-11-8/h3-4,6H,5H2,1-2H3. The molecule has 64 valence electrons. The van der Waals surface area contributed by atoms with Crippen molar-refractivity contribution in [2.75, 3.05) is 6.79 Å². The third-order valence-corrected chi connectivity index (χ3v) is 1.92. The summed E-state index contributed by atoms with van der Waals surface area (Å²) in [5.74, 6) is 1.85. The molecule has 1 aliphatic heterocycles. The monoisotopic (exact) mass is 165 g/mol. The van der Waals surface area contributed by atoms with Gasteiger partial charge in [0.25, 0.3) is 5.88 Å². The van der Waals surface area contributed by atoms with Crippen LogP contribution in [0.3, 0.4) is 0 Å². The topological polar surface area (TPSA) is 31.4 Å². The summed E-state index contributed by atoms with van der Waals surface area (Å²) in [6.45, 7) is 4.54. The largest absolute Gasteiger partial charge is 0.452 e. The number of hydrogen-bond donors (Lipinski definition) is 0. The quantitative estimate of drug-likeness (QED) is 0.637. The first-order valence-electron chi connectivity index (χ1n) is 4.03. The Balaban J connectivity index is 2.39. The van der Waals surface area contributed by atoms with Gasteiger partial charge in [-0.2, -0.15) is 0 Å². The molecule has 0 amide bonds. The molecule has 0 saturated heterocycles. The van der Waals surface area contributed by atoms with Crippen molar-refractivity contribution in [1.29, 1.82) is 0 Å². The second kappa shape index (κ2) is 2.66. The minimum Gasteiger partial charge on any atom is -0.452 e. The van der Waals surface area contributed by atoms with Crippen molar-refractivity contribution in [3.63, 3.8) is 0 Å². The fraction of sp³-hybridized carbons (Fsp3) is 0.444. The lowest BCUT2D eigenvalue weighted by Crippen LogP contribution is -1.93. The Bertz CT molecular complexity index is 297. The molecule has 2 heterocycles. The van der Waals surface area contributed by atoms with Gasteiger partial charge in [-0.3, -0.25) is 0 Å². The lowest BCUT2D eigenvalue weighted by molar-refractivity contribution is 0.171. The van der Waals surface area contributed by atoms with Crippen molar-refractivity contribution in [3.05, 3.63) is 17.8 Å². The van der Waals surface area contributed by atoms with Crippen LogP contribution in [0.4, 0.5) is 0 Å². The van der Waals surface area contributed by atoms with E-state index in [1.807, 2.05) is 12.3 Å². The first kappa shape index (κ1) is 7.40. The van der Waals surface area contributed by atoms with E-state index in [0.29, 0.717) is 18.6 Å². The zero-order valence-corrected chi connectivity index (χ0v) is 7.20. The molecular weight excluding hydrogens is 154 g/mol. The van der Waals surface area contributed by atoms with Crippen LogP contribution in [0.5, 0.6) is 11.6 Å². The first-order chi connectivity index (χ1) is 5.77. The third kappa shape index (κ3) is 1.11. The summed E-state index contributed by atoms with van der Waals surface area (Å²) in [6, 6.07) is 1.99. The summed E-state index contributed by atoms with van der Waals surface area (Å²) >= 11 is 0. The molecule has 0 N–H and O–H groups in total. The molecule has 0 unspecified atom stereocenters. The molecule has 1 aromatic heterocycles. The molecule has 0 fully saturated rings. The van der Waals surface area contributed by atoms with Gasteiger partial charge in [-0.25, -0.2) is 4.98 Å². The van der Waals surface area contributed by atoms with E-state index < -0.39 is 0 Å². The molecular formula is C9H11NO2. The number of ether oxygens (including phenoxy) is 2. The Hall–Kier alpha value is -1.25. The van der Waals surface area contributed by atoms with Gasteiger partial charge in [0.2, 0.25) is 6.79 Å². The van der Waals surface area contributed by atoms with Crippen LogP contribution >= 0.6 is 0 Å². The van der Waals surface area contributed by atoms with E-state index in [2.05, 4.69) is 18.8 Å². The molecule has 0 bridgehead atoms. The van der Waals surface area contributed by atoms with Gasteiger partial charge in [0.05, 0.1) is 0 Å². The number of aromatic nitrogens is 1. The van der Waals surface area contributed by atoms with Crippen LogP contribution in [0.2, 0.25) is 0 Å². The van der Waals surface area contributed by atoms with E-state index in [1.165, 1.54) is 5.56 Å². The molecule has 3 nitrogen and oxygen atoms in total. The summed E-state index contributed by atoms with van der Waals surface area (Å²) in [4.78, 5) is 4.13. The summed E-state index contributed by atoms with van der Waals surface area (Å²) < 4.78 is 10.3. The molecule has 0 aliphatic carbocycles. The second-order valence-corrected chi connectivity index (χ2v) is 3.13. The van der Waals surface area contributed by atoms with Crippen molar-refractivity contribution in [2.45, 2.75) is 19.8 Å². The summed E-state index contributed by atoms with van der Waals surface area (Å²) in [5, 5.41) is 0. The van der Waals surface area contributed by atoms with E-state index in [-0.39, 0.29) is 0 Å². The predicted octanol–water partition coefficient (Wildman–Crippen LogP) is 1.93. The molecule has 0 saturated carbocycles. The van der Waals surface area contributed by atoms with Gasteiger partial charge in [-0.05, 0) is 17.5 Å². The molecule has 1 aliphatic rings. The van der Waals surface area contributed by atoms with Crippen molar-refractivity contribution in [2.24, 2.45) is 0 Å². The molecule has 0 aromatic carbocycles. The molecule has 3 heteroatoms. The number of hydrogen-bond acceptors (Lipinski definition) is 3. The highest BCUT2D eigenvalue weighted by atomic mass is 16.7. The minimum absolute atomic E-state index is 0.296. The maximum absolute atomic E-state index is 5.20. The van der Waals surface area contributed by atoms with Crippen LogP contribution < -0.4 is 9.47 Å². The predicted molar refractivity (Wildman–Crippen MR) is 44.4 cm³/mol. The average Bonchev–Trinajstić information content (AvgIpc) is 2.49. The fourth-order valence-corrected chi connectivity index (χ4v) is 1.12. The van der Waals surface area contributed by atoms with Gasteiger partial charge in [-0.15, -0.1) is 0 Å². The second-order valence-electron chi connectivity index (χ2n) is 3.13. The van der Waals surface area contributed by atoms with Crippen molar-refractivity contribution in [1.82, 2.24) is 4.98 Å². The highest BCUT2D eigenvalue weighted by Crippen LogP contribution is 2.31. The van der Waals surface area contributed by atoms with E-state index in [1.54, 1.807) is 0 Å². The van der Waals surface area contributed by atoms with E-state index >= 15 is 0 Å². The Morgan fingerprint density at radius 1 is 1.42 bits per heavy atom. The molecule has 0 atom stereocenters. The van der Waals surface area contributed by atoms with E-state index in [0.717, 1.165) is 5.75 Å². The van der Waals surface area contributed by atoms with Crippen LogP contribution in [-0.2, 0) is 0 Å². The highest BCUT2D eigenvalue weighted by Gasteiger charge is 2.15. The van der Waals surface area contributed by atoms with Crippen LogP contribution in [0.15, 0.2) is 12.3 Å². The molecule has 2 rings (SSSR count). The van der Waals surface area contributed by atoms with Gasteiger partial charge in [0.1, 0.15) is 0 Å². The molecule has 12 heavy (non-hydrogen) atoms. The van der Waals surface area contributed by atoms with Crippen molar-refractivity contribution in [3.8, 4) is 11.6 Å². The lowest BCUT2D eigenvalue weighted by atomic mass is 10.1. The fourth-order valence-electron chi connectivity index (χ4n) is 1.12. The Morgan fingerprint density at radius 3 is 3.00 bits per heavy atom. The van der Waals surface area contributed by atoms with Crippen molar-refractivity contribution >= 4 is 0 Å². The van der Waals surface area contributed by atoms with Crippen LogP contribution in [0.25, 0.3) is 0 Å². The van der Waals surface area contributed by atoms with Crippen LogP contribution in [0, 0.1) is 0 Å². The number of pyridine rings is 1. The van der Waals surface area contributed by atoms with Crippen LogP contribution in [-0.4, -0.2) is 11.8 Å². The molecule has 0 radical (unpaired) electrons.